The van der Waals surface area contributed by atoms with E-state index in [1.807, 2.05) is 6.07 Å². The highest BCUT2D eigenvalue weighted by Crippen LogP contribution is 2.34. The lowest BCUT2D eigenvalue weighted by Crippen LogP contribution is -2.16. The predicted molar refractivity (Wildman–Crippen MR) is 94.1 cm³/mol. The molecule has 0 aliphatic rings. The average Bonchev–Trinajstić information content (AvgIpc) is 2.60. The minimum absolute atomic E-state index is 0.0231. The van der Waals surface area contributed by atoms with Crippen LogP contribution in [0.4, 0.5) is 13.2 Å². The van der Waals surface area contributed by atoms with Gasteiger partial charge in [0.2, 0.25) is 0 Å². The summed E-state index contributed by atoms with van der Waals surface area (Å²) in [6, 6.07) is 16.1. The fourth-order valence-electron chi connectivity index (χ4n) is 2.82. The molecule has 1 aromatic heterocycles. The molecule has 1 N–H and O–H groups in total. The maximum atomic E-state index is 12.3. The van der Waals surface area contributed by atoms with Crippen molar-refractivity contribution in [3.8, 4) is 34.1 Å². The number of ether oxygens (including phenoxy) is 1. The molecule has 4 nitrogen and oxygen atoms in total. The van der Waals surface area contributed by atoms with Crippen molar-refractivity contribution in [1.29, 1.82) is 5.26 Å². The second-order valence-electron chi connectivity index (χ2n) is 5.80. The number of pyridine rings is 1. The van der Waals surface area contributed by atoms with Gasteiger partial charge in [0.25, 0.3) is 5.56 Å². The third kappa shape index (κ3) is 4.01. The normalized spacial score (nSPS) is 11.1. The molecule has 0 unspecified atom stereocenters. The molecule has 0 atom stereocenters. The van der Waals surface area contributed by atoms with E-state index in [0.29, 0.717) is 27.9 Å². The zero-order chi connectivity index (χ0) is 19.6. The summed E-state index contributed by atoms with van der Waals surface area (Å²) in [4.78, 5) is 14.7. The summed E-state index contributed by atoms with van der Waals surface area (Å²) in [5.74, 6) is -0.326. The van der Waals surface area contributed by atoms with Crippen LogP contribution in [0.5, 0.6) is 5.75 Å². The second kappa shape index (κ2) is 7.00. The van der Waals surface area contributed by atoms with E-state index in [0.717, 1.165) is 0 Å². The minimum Gasteiger partial charge on any atom is -0.406 e. The van der Waals surface area contributed by atoms with Crippen LogP contribution in [-0.2, 0) is 0 Å². The van der Waals surface area contributed by atoms with Gasteiger partial charge in [0.05, 0.1) is 0 Å². The van der Waals surface area contributed by atoms with Crippen molar-refractivity contribution in [3.63, 3.8) is 0 Å². The first-order valence-corrected chi connectivity index (χ1v) is 7.88. The van der Waals surface area contributed by atoms with E-state index in [4.69, 9.17) is 0 Å². The predicted octanol–water partition coefficient (Wildman–Crippen LogP) is 4.79. The Balaban J connectivity index is 2.11. The van der Waals surface area contributed by atoms with Gasteiger partial charge in [-0.25, -0.2) is 0 Å². The largest absolute Gasteiger partial charge is 0.573 e. The lowest BCUT2D eigenvalue weighted by Gasteiger charge is -2.13. The van der Waals surface area contributed by atoms with Crippen LogP contribution in [0.2, 0.25) is 0 Å². The molecule has 3 rings (SSSR count). The van der Waals surface area contributed by atoms with Crippen molar-refractivity contribution < 1.29 is 17.9 Å². The van der Waals surface area contributed by atoms with E-state index in [-0.39, 0.29) is 11.3 Å². The van der Waals surface area contributed by atoms with Crippen molar-refractivity contribution in [1.82, 2.24) is 4.98 Å². The first-order chi connectivity index (χ1) is 12.8. The molecule has 0 saturated carbocycles. The van der Waals surface area contributed by atoms with Crippen molar-refractivity contribution in [3.05, 3.63) is 76.2 Å². The summed E-state index contributed by atoms with van der Waals surface area (Å²) in [5.41, 5.74) is 2.48. The summed E-state index contributed by atoms with van der Waals surface area (Å²) >= 11 is 0. The van der Waals surface area contributed by atoms with Gasteiger partial charge in [0, 0.05) is 11.3 Å². The second-order valence-corrected chi connectivity index (χ2v) is 5.80. The first kappa shape index (κ1) is 18.3. The van der Waals surface area contributed by atoms with E-state index in [2.05, 4.69) is 9.72 Å². The maximum absolute atomic E-state index is 12.3. The van der Waals surface area contributed by atoms with Gasteiger partial charge in [-0.2, -0.15) is 5.26 Å². The first-order valence-electron chi connectivity index (χ1n) is 7.88. The summed E-state index contributed by atoms with van der Waals surface area (Å²) in [7, 11) is 0. The van der Waals surface area contributed by atoms with Gasteiger partial charge in [0.1, 0.15) is 17.4 Å². The Kier molecular flexibility index (Phi) is 4.74. The number of rotatable bonds is 3. The molecule has 0 bridgehead atoms. The Morgan fingerprint density at radius 1 is 1.00 bits per heavy atom. The van der Waals surface area contributed by atoms with Crippen molar-refractivity contribution >= 4 is 0 Å². The highest BCUT2D eigenvalue weighted by atomic mass is 19.4. The summed E-state index contributed by atoms with van der Waals surface area (Å²) in [6.07, 6.45) is -4.76. The molecule has 0 radical (unpaired) electrons. The molecule has 7 heteroatoms. The molecule has 2 aromatic carbocycles. The van der Waals surface area contributed by atoms with Gasteiger partial charge in [-0.3, -0.25) is 4.79 Å². The Morgan fingerprint density at radius 2 is 1.63 bits per heavy atom. The number of nitrogens with one attached hydrogen (secondary N) is 1. The van der Waals surface area contributed by atoms with E-state index in [1.54, 1.807) is 37.3 Å². The van der Waals surface area contributed by atoms with Crippen molar-refractivity contribution in [2.75, 3.05) is 0 Å². The average molecular weight is 370 g/mol. The minimum atomic E-state index is -4.76. The number of H-pyrrole nitrogens is 1. The Bertz CT molecular complexity index is 1080. The van der Waals surface area contributed by atoms with Crippen LogP contribution in [0.3, 0.4) is 0 Å². The monoisotopic (exact) mass is 370 g/mol. The van der Waals surface area contributed by atoms with Gasteiger partial charge in [-0.1, -0.05) is 36.4 Å². The zero-order valence-corrected chi connectivity index (χ0v) is 14.1. The number of hydrogen-bond donors (Lipinski definition) is 1. The highest BCUT2D eigenvalue weighted by molar-refractivity contribution is 5.85. The summed E-state index contributed by atoms with van der Waals surface area (Å²) in [6.45, 7) is 1.71. The number of aromatic amines is 1. The van der Waals surface area contributed by atoms with Crippen LogP contribution in [0.1, 0.15) is 11.3 Å². The van der Waals surface area contributed by atoms with Crippen molar-refractivity contribution in [2.24, 2.45) is 0 Å². The molecule has 0 aliphatic heterocycles. The van der Waals surface area contributed by atoms with E-state index < -0.39 is 11.9 Å². The topological polar surface area (TPSA) is 65.9 Å². The third-order valence-corrected chi connectivity index (χ3v) is 3.90. The van der Waals surface area contributed by atoms with E-state index in [9.17, 15) is 23.2 Å². The van der Waals surface area contributed by atoms with Gasteiger partial charge in [-0.15, -0.1) is 13.2 Å². The lowest BCUT2D eigenvalue weighted by molar-refractivity contribution is -0.274. The van der Waals surface area contributed by atoms with Crippen LogP contribution in [0, 0.1) is 18.3 Å². The number of aryl methyl sites for hydroxylation is 1. The molecule has 0 aliphatic carbocycles. The number of benzene rings is 2. The Hall–Kier alpha value is -3.53. The van der Waals surface area contributed by atoms with Crippen molar-refractivity contribution in [2.45, 2.75) is 13.3 Å². The number of nitrogens with zero attached hydrogens (tertiary/aromatic N) is 1. The van der Waals surface area contributed by atoms with Crippen LogP contribution >= 0.6 is 0 Å². The van der Waals surface area contributed by atoms with Crippen LogP contribution in [0.25, 0.3) is 22.3 Å². The molecule has 0 saturated heterocycles. The van der Waals surface area contributed by atoms with E-state index >= 15 is 0 Å². The molecule has 0 fully saturated rings. The smallest absolute Gasteiger partial charge is 0.406 e. The molecule has 1 heterocycles. The van der Waals surface area contributed by atoms with Crippen LogP contribution < -0.4 is 10.3 Å². The van der Waals surface area contributed by atoms with Gasteiger partial charge in [0.15, 0.2) is 0 Å². The van der Waals surface area contributed by atoms with Gasteiger partial charge in [-0.05, 0) is 41.8 Å². The van der Waals surface area contributed by atoms with E-state index in [1.165, 1.54) is 24.3 Å². The quantitative estimate of drug-likeness (QED) is 0.721. The molecular formula is C20H13F3N2O2. The van der Waals surface area contributed by atoms with Gasteiger partial charge < -0.3 is 9.72 Å². The standard InChI is InChI=1S/C20H13F3N2O2/c1-12-10-17(18(11-24)19(26)25-12)16-5-3-2-4-15(16)13-6-8-14(9-7-13)27-20(21,22)23/h2-10H,1H3,(H,25,26). The Labute approximate surface area is 152 Å². The molecule has 3 aromatic rings. The molecule has 0 spiro atoms. The summed E-state index contributed by atoms with van der Waals surface area (Å²) in [5, 5.41) is 9.36. The van der Waals surface area contributed by atoms with Crippen LogP contribution in [-0.4, -0.2) is 11.3 Å². The fraction of sp³-hybridized carbons (Fsp3) is 0.100. The maximum Gasteiger partial charge on any atom is 0.573 e. The highest BCUT2D eigenvalue weighted by Gasteiger charge is 2.31. The van der Waals surface area contributed by atoms with Crippen LogP contribution in [0.15, 0.2) is 59.4 Å². The fourth-order valence-corrected chi connectivity index (χ4v) is 2.82. The molecule has 27 heavy (non-hydrogen) atoms. The number of nitriles is 1. The Morgan fingerprint density at radius 3 is 2.22 bits per heavy atom. The zero-order valence-electron chi connectivity index (χ0n) is 14.1. The lowest BCUT2D eigenvalue weighted by atomic mass is 9.92. The number of hydrogen-bond acceptors (Lipinski definition) is 3. The molecule has 136 valence electrons. The summed E-state index contributed by atoms with van der Waals surface area (Å²) < 4.78 is 40.9. The molecular weight excluding hydrogens is 357 g/mol. The number of halogens is 3. The third-order valence-electron chi connectivity index (χ3n) is 3.90. The van der Waals surface area contributed by atoms with Gasteiger partial charge >= 0.3 is 6.36 Å². The molecule has 0 amide bonds. The number of alkyl halides is 3. The SMILES string of the molecule is Cc1cc(-c2ccccc2-c2ccc(OC(F)(F)F)cc2)c(C#N)c(=O)[nH]1. The number of aromatic nitrogens is 1.